The van der Waals surface area contributed by atoms with Crippen LogP contribution in [-0.4, -0.2) is 64.0 Å². The number of hydrogen-bond acceptors (Lipinski definition) is 4. The minimum Gasteiger partial charge on any atom is -0.487 e. The largest absolute Gasteiger partial charge is 0.487 e. The van der Waals surface area contributed by atoms with E-state index in [0.717, 1.165) is 62.9 Å². The summed E-state index contributed by atoms with van der Waals surface area (Å²) in [5, 5.41) is 0. The van der Waals surface area contributed by atoms with Crippen LogP contribution in [0.3, 0.4) is 0 Å². The van der Waals surface area contributed by atoms with Crippen molar-refractivity contribution in [2.45, 2.75) is 37.8 Å². The third-order valence-corrected chi connectivity index (χ3v) is 6.54. The Morgan fingerprint density at radius 1 is 1.03 bits per heavy atom. The van der Waals surface area contributed by atoms with Gasteiger partial charge in [0.15, 0.2) is 11.6 Å². The number of piperidine rings is 2. The molecule has 1 amide bonds. The summed E-state index contributed by atoms with van der Waals surface area (Å²) < 4.78 is 19.7. The van der Waals surface area contributed by atoms with E-state index in [0.29, 0.717) is 17.4 Å². The Morgan fingerprint density at radius 2 is 1.81 bits per heavy atom. The number of carbonyl (C=O) groups excluding carboxylic acids is 1. The van der Waals surface area contributed by atoms with Crippen molar-refractivity contribution in [3.8, 4) is 5.75 Å². The van der Waals surface area contributed by atoms with E-state index in [2.05, 4.69) is 14.9 Å². The van der Waals surface area contributed by atoms with E-state index >= 15 is 0 Å². The van der Waals surface area contributed by atoms with Gasteiger partial charge in [0, 0.05) is 37.8 Å². The van der Waals surface area contributed by atoms with Gasteiger partial charge in [-0.3, -0.25) is 9.69 Å². The molecule has 3 heterocycles. The second kappa shape index (κ2) is 8.67. The quantitative estimate of drug-likeness (QED) is 0.694. The van der Waals surface area contributed by atoms with Crippen molar-refractivity contribution in [1.82, 2.24) is 19.8 Å². The number of nitrogens with one attached hydrogen (secondary N) is 1. The topological polar surface area (TPSA) is 61.5 Å². The number of nitrogens with zero attached hydrogens (tertiary/aromatic N) is 3. The lowest BCUT2D eigenvalue weighted by molar-refractivity contribution is 0.0416. The number of rotatable bonds is 4. The van der Waals surface area contributed by atoms with Gasteiger partial charge in [-0.2, -0.15) is 0 Å². The van der Waals surface area contributed by atoms with Crippen molar-refractivity contribution in [2.75, 3.05) is 26.2 Å². The number of aromatic nitrogens is 2. The summed E-state index contributed by atoms with van der Waals surface area (Å²) in [6.07, 6.45) is 5.48. The predicted octanol–water partition coefficient (Wildman–Crippen LogP) is 3.85. The number of benzene rings is 2. The molecule has 0 spiro atoms. The second-order valence-corrected chi connectivity index (χ2v) is 8.44. The zero-order chi connectivity index (χ0) is 21.2. The van der Waals surface area contributed by atoms with Gasteiger partial charge in [-0.05, 0) is 56.0 Å². The molecule has 0 radical (unpaired) electrons. The van der Waals surface area contributed by atoms with Crippen molar-refractivity contribution >= 4 is 16.9 Å². The Hall–Kier alpha value is -2.93. The SMILES string of the molecule is O=C(c1ccc2nc[nH]c2c1)N1CCC(N2CCC(Oc3ccccc3F)CC2)CC1. The van der Waals surface area contributed by atoms with Crippen LogP contribution >= 0.6 is 0 Å². The van der Waals surface area contributed by atoms with Gasteiger partial charge in [-0.25, -0.2) is 9.37 Å². The Kier molecular flexibility index (Phi) is 5.59. The number of carbonyl (C=O) groups is 1. The number of para-hydroxylation sites is 1. The van der Waals surface area contributed by atoms with Crippen LogP contribution in [0.4, 0.5) is 4.39 Å². The van der Waals surface area contributed by atoms with Gasteiger partial charge in [0.25, 0.3) is 5.91 Å². The number of amides is 1. The van der Waals surface area contributed by atoms with Gasteiger partial charge in [-0.1, -0.05) is 12.1 Å². The van der Waals surface area contributed by atoms with E-state index in [9.17, 15) is 9.18 Å². The minimum absolute atomic E-state index is 0.0622. The predicted molar refractivity (Wildman–Crippen MR) is 117 cm³/mol. The highest BCUT2D eigenvalue weighted by Gasteiger charge is 2.30. The summed E-state index contributed by atoms with van der Waals surface area (Å²) in [4.78, 5) is 24.7. The fraction of sp³-hybridized carbons (Fsp3) is 0.417. The molecule has 0 unspecified atom stereocenters. The maximum absolute atomic E-state index is 13.8. The molecular formula is C24H27FN4O2. The van der Waals surface area contributed by atoms with Crippen molar-refractivity contribution in [1.29, 1.82) is 0 Å². The lowest BCUT2D eigenvalue weighted by Gasteiger charge is -2.41. The molecule has 2 aromatic carbocycles. The normalized spacial score (nSPS) is 19.1. The van der Waals surface area contributed by atoms with Crippen LogP contribution in [-0.2, 0) is 0 Å². The molecule has 0 aliphatic carbocycles. The van der Waals surface area contributed by atoms with Crippen molar-refractivity contribution in [3.05, 3.63) is 60.2 Å². The van der Waals surface area contributed by atoms with E-state index in [4.69, 9.17) is 4.74 Å². The van der Waals surface area contributed by atoms with Gasteiger partial charge in [0.05, 0.1) is 17.4 Å². The highest BCUT2D eigenvalue weighted by atomic mass is 19.1. The molecular weight excluding hydrogens is 395 g/mol. The minimum atomic E-state index is -0.298. The first-order chi connectivity index (χ1) is 15.2. The third-order valence-electron chi connectivity index (χ3n) is 6.54. The molecule has 162 valence electrons. The van der Waals surface area contributed by atoms with Crippen LogP contribution in [0.25, 0.3) is 11.0 Å². The Bertz CT molecular complexity index is 1050. The molecule has 2 aliphatic heterocycles. The molecule has 1 N–H and O–H groups in total. The summed E-state index contributed by atoms with van der Waals surface area (Å²) in [6.45, 7) is 3.45. The highest BCUT2D eigenvalue weighted by molar-refractivity contribution is 5.97. The number of hydrogen-bond donors (Lipinski definition) is 1. The zero-order valence-corrected chi connectivity index (χ0v) is 17.5. The average molecular weight is 423 g/mol. The summed E-state index contributed by atoms with van der Waals surface area (Å²) in [5.74, 6) is 0.140. The molecule has 6 nitrogen and oxygen atoms in total. The summed E-state index contributed by atoms with van der Waals surface area (Å²) in [7, 11) is 0. The molecule has 5 rings (SSSR count). The maximum Gasteiger partial charge on any atom is 0.253 e. The molecule has 1 aromatic heterocycles. The van der Waals surface area contributed by atoms with Crippen LogP contribution in [0.15, 0.2) is 48.8 Å². The van der Waals surface area contributed by atoms with Gasteiger partial charge >= 0.3 is 0 Å². The number of likely N-dealkylation sites (tertiary alicyclic amines) is 2. The van der Waals surface area contributed by atoms with Crippen LogP contribution in [0.5, 0.6) is 5.75 Å². The Labute approximate surface area is 181 Å². The van der Waals surface area contributed by atoms with Crippen molar-refractivity contribution in [3.63, 3.8) is 0 Å². The number of imidazole rings is 1. The van der Waals surface area contributed by atoms with E-state index in [1.807, 2.05) is 23.1 Å². The summed E-state index contributed by atoms with van der Waals surface area (Å²) in [6, 6.07) is 12.7. The Balaban J connectivity index is 1.12. The van der Waals surface area contributed by atoms with E-state index in [1.165, 1.54) is 6.07 Å². The first-order valence-electron chi connectivity index (χ1n) is 11.0. The van der Waals surface area contributed by atoms with E-state index in [-0.39, 0.29) is 17.8 Å². The number of H-pyrrole nitrogens is 1. The average Bonchev–Trinajstić information content (AvgIpc) is 3.29. The highest BCUT2D eigenvalue weighted by Crippen LogP contribution is 2.26. The maximum atomic E-state index is 13.8. The Morgan fingerprint density at radius 3 is 2.58 bits per heavy atom. The molecule has 0 atom stereocenters. The third kappa shape index (κ3) is 4.28. The molecule has 2 saturated heterocycles. The number of halogens is 1. The monoisotopic (exact) mass is 422 g/mol. The molecule has 2 fully saturated rings. The fourth-order valence-electron chi connectivity index (χ4n) is 4.76. The first-order valence-corrected chi connectivity index (χ1v) is 11.0. The lowest BCUT2D eigenvalue weighted by atomic mass is 9.98. The van der Waals surface area contributed by atoms with E-state index in [1.54, 1.807) is 24.5 Å². The molecule has 31 heavy (non-hydrogen) atoms. The van der Waals surface area contributed by atoms with Crippen LogP contribution in [0.1, 0.15) is 36.0 Å². The molecule has 2 aliphatic rings. The zero-order valence-electron chi connectivity index (χ0n) is 17.5. The molecule has 0 bridgehead atoms. The lowest BCUT2D eigenvalue weighted by Crippen LogP contribution is -2.50. The summed E-state index contributed by atoms with van der Waals surface area (Å²) >= 11 is 0. The van der Waals surface area contributed by atoms with Gasteiger partial charge in [0.1, 0.15) is 6.10 Å². The molecule has 0 saturated carbocycles. The van der Waals surface area contributed by atoms with Gasteiger partial charge in [-0.15, -0.1) is 0 Å². The smallest absolute Gasteiger partial charge is 0.253 e. The standard InChI is InChI=1S/C24H27FN4O2/c25-20-3-1-2-4-23(20)31-19-9-13-28(14-10-19)18-7-11-29(12-8-18)24(30)17-5-6-21-22(15-17)27-16-26-21/h1-6,15-16,18-19H,7-14H2,(H,26,27). The summed E-state index contributed by atoms with van der Waals surface area (Å²) in [5.41, 5.74) is 2.47. The number of ether oxygens (including phenoxy) is 1. The first kappa shape index (κ1) is 20.0. The van der Waals surface area contributed by atoms with Crippen LogP contribution < -0.4 is 4.74 Å². The van der Waals surface area contributed by atoms with Gasteiger partial charge < -0.3 is 14.6 Å². The number of fused-ring (bicyclic) bond motifs is 1. The van der Waals surface area contributed by atoms with Gasteiger partial charge in [0.2, 0.25) is 0 Å². The molecule has 7 heteroatoms. The fourth-order valence-corrected chi connectivity index (χ4v) is 4.76. The number of aromatic amines is 1. The second-order valence-electron chi connectivity index (χ2n) is 8.44. The van der Waals surface area contributed by atoms with Crippen LogP contribution in [0.2, 0.25) is 0 Å². The molecule has 3 aromatic rings. The van der Waals surface area contributed by atoms with E-state index < -0.39 is 0 Å². The van der Waals surface area contributed by atoms with Crippen molar-refractivity contribution in [2.24, 2.45) is 0 Å². The van der Waals surface area contributed by atoms with Crippen molar-refractivity contribution < 1.29 is 13.9 Å². The van der Waals surface area contributed by atoms with Crippen LogP contribution in [0, 0.1) is 5.82 Å².